The normalized spacial score (nSPS) is 15.1. The average Bonchev–Trinajstić information content (AvgIpc) is 2.50. The van der Waals surface area contributed by atoms with Crippen LogP contribution in [0.4, 0.5) is 0 Å². The molecule has 128 valence electrons. The molecule has 0 aliphatic heterocycles. The summed E-state index contributed by atoms with van der Waals surface area (Å²) in [7, 11) is 3.51. The highest BCUT2D eigenvalue weighted by molar-refractivity contribution is 4.87. The fourth-order valence-electron chi connectivity index (χ4n) is 3.11. The Morgan fingerprint density at radius 2 is 1.24 bits per heavy atom. The maximum atomic E-state index is 5.72. The van der Waals surface area contributed by atoms with Gasteiger partial charge in [-0.05, 0) is 32.7 Å². The van der Waals surface area contributed by atoms with Gasteiger partial charge in [0.05, 0.1) is 0 Å². The Morgan fingerprint density at radius 3 is 1.71 bits per heavy atom. The zero-order chi connectivity index (χ0) is 16.2. The highest BCUT2D eigenvalue weighted by Crippen LogP contribution is 2.43. The molecule has 3 heteroatoms. The Kier molecular flexibility index (Phi) is 11.4. The number of unbranched alkanes of at least 4 members (excludes halogenated alkanes) is 6. The molecular weight excluding hydrogens is 262 g/mol. The van der Waals surface area contributed by atoms with Crippen LogP contribution in [0.15, 0.2) is 0 Å². The molecule has 0 aliphatic carbocycles. The number of nitrogens with two attached hydrogens (primary N) is 1. The van der Waals surface area contributed by atoms with E-state index in [1.165, 1.54) is 38.5 Å². The van der Waals surface area contributed by atoms with Gasteiger partial charge in [0.2, 0.25) is 0 Å². The molecule has 0 aromatic heterocycles. The van der Waals surface area contributed by atoms with Gasteiger partial charge in [0.1, 0.15) is 0 Å². The smallest absolute Gasteiger partial charge is 0.170 e. The molecule has 3 nitrogen and oxygen atoms in total. The molecule has 21 heavy (non-hydrogen) atoms. The Labute approximate surface area is 133 Å². The molecule has 2 N–H and O–H groups in total. The molecule has 0 radical (unpaired) electrons. The number of hydrogen-bond donors (Lipinski definition) is 1. The van der Waals surface area contributed by atoms with E-state index in [2.05, 4.69) is 20.8 Å². The molecular formula is C18H39NO2. The third-order valence-corrected chi connectivity index (χ3v) is 5.14. The molecule has 0 heterocycles. The van der Waals surface area contributed by atoms with E-state index in [1.807, 2.05) is 0 Å². The largest absolute Gasteiger partial charge is 0.353 e. The second-order valence-electron chi connectivity index (χ2n) is 6.68. The van der Waals surface area contributed by atoms with Crippen molar-refractivity contribution in [2.45, 2.75) is 90.8 Å². The minimum Gasteiger partial charge on any atom is -0.353 e. The van der Waals surface area contributed by atoms with Crippen molar-refractivity contribution in [3.05, 3.63) is 0 Å². The Bertz CT molecular complexity index is 241. The average molecular weight is 302 g/mol. The van der Waals surface area contributed by atoms with E-state index in [1.54, 1.807) is 14.2 Å². The predicted molar refractivity (Wildman–Crippen MR) is 91.4 cm³/mol. The van der Waals surface area contributed by atoms with E-state index < -0.39 is 5.79 Å². The lowest BCUT2D eigenvalue weighted by Gasteiger charge is -2.44. The molecule has 0 spiro atoms. The van der Waals surface area contributed by atoms with Crippen molar-refractivity contribution in [3.63, 3.8) is 0 Å². The van der Waals surface area contributed by atoms with E-state index in [9.17, 15) is 0 Å². The fraction of sp³-hybridized carbons (Fsp3) is 1.00. The maximum Gasteiger partial charge on any atom is 0.170 e. The summed E-state index contributed by atoms with van der Waals surface area (Å²) in [5.74, 6) is -0.509. The van der Waals surface area contributed by atoms with Crippen LogP contribution in [0.5, 0.6) is 0 Å². The highest BCUT2D eigenvalue weighted by Gasteiger charge is 2.44. The first kappa shape index (κ1) is 20.9. The third kappa shape index (κ3) is 7.12. The van der Waals surface area contributed by atoms with Crippen LogP contribution in [0.1, 0.15) is 85.0 Å². The standard InChI is InChI=1S/C18H39NO2/c1-6-7-8-9-10-11-14-17(2,15-12-13-16-19)18(3,20-4)21-5/h6-16,19H2,1-5H3. The summed E-state index contributed by atoms with van der Waals surface area (Å²) in [5.41, 5.74) is 5.69. The topological polar surface area (TPSA) is 44.5 Å². The van der Waals surface area contributed by atoms with Crippen molar-refractivity contribution in [3.8, 4) is 0 Å². The molecule has 1 unspecified atom stereocenters. The third-order valence-electron chi connectivity index (χ3n) is 5.14. The monoisotopic (exact) mass is 301 g/mol. The van der Waals surface area contributed by atoms with Crippen LogP contribution < -0.4 is 5.73 Å². The lowest BCUT2D eigenvalue weighted by atomic mass is 9.73. The molecule has 0 rings (SSSR count). The highest BCUT2D eigenvalue weighted by atomic mass is 16.7. The molecule has 1 atom stereocenters. The summed E-state index contributed by atoms with van der Waals surface area (Å²) in [4.78, 5) is 0. The molecule has 0 fully saturated rings. The van der Waals surface area contributed by atoms with E-state index in [-0.39, 0.29) is 5.41 Å². The molecule has 0 aromatic rings. The van der Waals surface area contributed by atoms with Crippen molar-refractivity contribution in [1.82, 2.24) is 0 Å². The van der Waals surface area contributed by atoms with Gasteiger partial charge in [-0.25, -0.2) is 0 Å². The molecule has 0 aromatic carbocycles. The van der Waals surface area contributed by atoms with E-state index in [0.717, 1.165) is 32.2 Å². The first-order valence-electron chi connectivity index (χ1n) is 8.80. The number of rotatable bonds is 14. The van der Waals surface area contributed by atoms with Gasteiger partial charge >= 0.3 is 0 Å². The van der Waals surface area contributed by atoms with Gasteiger partial charge in [-0.15, -0.1) is 0 Å². The molecule has 0 aliphatic rings. The second kappa shape index (κ2) is 11.4. The zero-order valence-electron chi connectivity index (χ0n) is 15.2. The van der Waals surface area contributed by atoms with Crippen molar-refractivity contribution in [1.29, 1.82) is 0 Å². The van der Waals surface area contributed by atoms with Crippen LogP contribution in [0.2, 0.25) is 0 Å². The summed E-state index contributed by atoms with van der Waals surface area (Å²) in [6, 6.07) is 0. The van der Waals surface area contributed by atoms with Gasteiger partial charge in [0.15, 0.2) is 5.79 Å². The van der Waals surface area contributed by atoms with E-state index in [4.69, 9.17) is 15.2 Å². The molecule has 0 amide bonds. The van der Waals surface area contributed by atoms with Gasteiger partial charge in [-0.1, -0.05) is 58.8 Å². The van der Waals surface area contributed by atoms with Gasteiger partial charge in [-0.2, -0.15) is 0 Å². The first-order valence-corrected chi connectivity index (χ1v) is 8.80. The van der Waals surface area contributed by atoms with Crippen LogP contribution in [0, 0.1) is 5.41 Å². The van der Waals surface area contributed by atoms with Crippen LogP contribution >= 0.6 is 0 Å². The number of ether oxygens (including phenoxy) is 2. The van der Waals surface area contributed by atoms with E-state index in [0.29, 0.717) is 0 Å². The number of hydrogen-bond acceptors (Lipinski definition) is 3. The Balaban J connectivity index is 4.44. The minimum atomic E-state index is -0.509. The van der Waals surface area contributed by atoms with Gasteiger partial charge in [0, 0.05) is 19.6 Å². The SMILES string of the molecule is CCCCCCCCC(C)(CCCCN)C(C)(OC)OC. The van der Waals surface area contributed by atoms with Crippen molar-refractivity contribution < 1.29 is 9.47 Å². The van der Waals surface area contributed by atoms with Crippen LogP contribution in [0.3, 0.4) is 0 Å². The summed E-state index contributed by atoms with van der Waals surface area (Å²) in [6.07, 6.45) is 12.4. The summed E-state index contributed by atoms with van der Waals surface area (Å²) in [6.45, 7) is 7.41. The number of methoxy groups -OCH3 is 2. The van der Waals surface area contributed by atoms with Crippen molar-refractivity contribution in [2.24, 2.45) is 11.1 Å². The minimum absolute atomic E-state index is 0.0520. The maximum absolute atomic E-state index is 5.72. The molecule has 0 saturated heterocycles. The summed E-state index contributed by atoms with van der Waals surface area (Å²) < 4.78 is 11.4. The van der Waals surface area contributed by atoms with E-state index >= 15 is 0 Å². The lowest BCUT2D eigenvalue weighted by molar-refractivity contribution is -0.265. The van der Waals surface area contributed by atoms with Gasteiger partial charge < -0.3 is 15.2 Å². The van der Waals surface area contributed by atoms with Crippen LogP contribution in [0.25, 0.3) is 0 Å². The second-order valence-corrected chi connectivity index (χ2v) is 6.68. The molecule has 0 saturated carbocycles. The van der Waals surface area contributed by atoms with Gasteiger partial charge in [0.25, 0.3) is 0 Å². The Morgan fingerprint density at radius 1 is 0.762 bits per heavy atom. The first-order chi connectivity index (χ1) is 9.99. The van der Waals surface area contributed by atoms with Crippen molar-refractivity contribution >= 4 is 0 Å². The summed E-state index contributed by atoms with van der Waals surface area (Å²) in [5, 5.41) is 0. The molecule has 0 bridgehead atoms. The van der Waals surface area contributed by atoms with Gasteiger partial charge in [-0.3, -0.25) is 0 Å². The van der Waals surface area contributed by atoms with Crippen LogP contribution in [-0.2, 0) is 9.47 Å². The predicted octanol–water partition coefficient (Wildman–Crippen LogP) is 4.88. The lowest BCUT2D eigenvalue weighted by Crippen LogP contribution is -2.47. The fourth-order valence-corrected chi connectivity index (χ4v) is 3.11. The Hall–Kier alpha value is -0.120. The van der Waals surface area contributed by atoms with Crippen molar-refractivity contribution in [2.75, 3.05) is 20.8 Å². The quantitative estimate of drug-likeness (QED) is 0.367. The van der Waals surface area contributed by atoms with Crippen LogP contribution in [-0.4, -0.2) is 26.6 Å². The summed E-state index contributed by atoms with van der Waals surface area (Å²) >= 11 is 0. The zero-order valence-corrected chi connectivity index (χ0v) is 15.2.